The molecule has 4 aromatic rings. The van der Waals surface area contributed by atoms with Gasteiger partial charge in [-0.3, -0.25) is 4.79 Å². The molecular weight excluding hydrogens is 410 g/mol. The van der Waals surface area contributed by atoms with Crippen LogP contribution in [0.2, 0.25) is 0 Å². The monoisotopic (exact) mass is 435 g/mol. The van der Waals surface area contributed by atoms with E-state index < -0.39 is 0 Å². The molecule has 160 valence electrons. The van der Waals surface area contributed by atoms with Crippen LogP contribution in [0.25, 0.3) is 22.5 Å². The van der Waals surface area contributed by atoms with Gasteiger partial charge in [-0.2, -0.15) is 16.7 Å². The fourth-order valence-electron chi connectivity index (χ4n) is 3.45. The van der Waals surface area contributed by atoms with Crippen molar-refractivity contribution in [2.75, 3.05) is 11.6 Å². The summed E-state index contributed by atoms with van der Waals surface area (Å²) in [6, 6.07) is 13.6. The van der Waals surface area contributed by atoms with Gasteiger partial charge in [-0.15, -0.1) is 0 Å². The minimum absolute atomic E-state index is 0.135. The highest BCUT2D eigenvalue weighted by Gasteiger charge is 2.19. The van der Waals surface area contributed by atoms with Gasteiger partial charge in [-0.25, -0.2) is 4.98 Å². The zero-order valence-corrected chi connectivity index (χ0v) is 18.9. The molecule has 0 saturated heterocycles. The van der Waals surface area contributed by atoms with Gasteiger partial charge in [0.1, 0.15) is 12.4 Å². The number of para-hydroxylation sites is 3. The Morgan fingerprint density at radius 2 is 1.97 bits per heavy atom. The Bertz CT molecular complexity index is 1230. The van der Waals surface area contributed by atoms with E-state index in [0.29, 0.717) is 23.0 Å². The summed E-state index contributed by atoms with van der Waals surface area (Å²) < 4.78 is 7.45. The van der Waals surface area contributed by atoms with E-state index in [4.69, 9.17) is 9.51 Å². The number of carbonyl (C=O) groups is 1. The van der Waals surface area contributed by atoms with E-state index in [2.05, 4.69) is 15.5 Å². The smallest absolute Gasteiger partial charge is 0.260 e. The molecule has 0 unspecified atom stereocenters. The van der Waals surface area contributed by atoms with Crippen LogP contribution in [0.3, 0.4) is 0 Å². The average molecular weight is 436 g/mol. The summed E-state index contributed by atoms with van der Waals surface area (Å²) in [4.78, 5) is 22.3. The number of hydrogen-bond acceptors (Lipinski definition) is 6. The highest BCUT2D eigenvalue weighted by Crippen LogP contribution is 2.31. The summed E-state index contributed by atoms with van der Waals surface area (Å²) in [5.41, 5.74) is 4.16. The van der Waals surface area contributed by atoms with E-state index >= 15 is 0 Å². The number of fused-ring (bicyclic) bond motifs is 1. The second kappa shape index (κ2) is 8.93. The maximum Gasteiger partial charge on any atom is 0.260 e. The number of benzene rings is 2. The molecule has 31 heavy (non-hydrogen) atoms. The van der Waals surface area contributed by atoms with Crippen molar-refractivity contribution in [1.29, 1.82) is 0 Å². The Hall–Kier alpha value is -3.13. The normalized spacial score (nSPS) is 11.4. The van der Waals surface area contributed by atoms with E-state index in [9.17, 15) is 4.79 Å². The Kier molecular flexibility index (Phi) is 6.08. The molecule has 0 aliphatic rings. The van der Waals surface area contributed by atoms with Crippen LogP contribution in [-0.2, 0) is 17.1 Å². The van der Waals surface area contributed by atoms with Crippen molar-refractivity contribution >= 4 is 34.4 Å². The zero-order valence-electron chi connectivity index (χ0n) is 18.0. The van der Waals surface area contributed by atoms with Crippen LogP contribution in [0.4, 0.5) is 5.69 Å². The van der Waals surface area contributed by atoms with Crippen molar-refractivity contribution < 1.29 is 9.32 Å². The second-order valence-corrected chi connectivity index (χ2v) is 8.56. The molecule has 2 aromatic carbocycles. The standard InChI is InChI=1S/C23H25N5O2S/c1-14(2)22-26-23(30-27-22)16-9-7-8-15(3)21(16)25-20(29)12-28-18-11-6-5-10-17(18)24-19(28)13-31-4/h5-11,14H,12-13H2,1-4H3,(H,25,29). The van der Waals surface area contributed by atoms with E-state index in [1.54, 1.807) is 11.8 Å². The highest BCUT2D eigenvalue weighted by molar-refractivity contribution is 7.97. The van der Waals surface area contributed by atoms with E-state index in [1.807, 2.05) is 74.1 Å². The number of nitrogens with one attached hydrogen (secondary N) is 1. The van der Waals surface area contributed by atoms with E-state index in [1.165, 1.54) is 0 Å². The molecule has 8 heteroatoms. The molecule has 2 heterocycles. The molecule has 0 saturated carbocycles. The number of nitrogens with zero attached hydrogens (tertiary/aromatic N) is 4. The van der Waals surface area contributed by atoms with Gasteiger partial charge >= 0.3 is 0 Å². The molecule has 4 rings (SSSR count). The van der Waals surface area contributed by atoms with E-state index in [0.717, 1.165) is 28.2 Å². The molecule has 2 aromatic heterocycles. The predicted molar refractivity (Wildman–Crippen MR) is 124 cm³/mol. The lowest BCUT2D eigenvalue weighted by molar-refractivity contribution is -0.116. The molecule has 0 bridgehead atoms. The fourth-order valence-corrected chi connectivity index (χ4v) is 3.93. The molecule has 1 amide bonds. The minimum Gasteiger partial charge on any atom is -0.334 e. The minimum atomic E-state index is -0.135. The first-order valence-electron chi connectivity index (χ1n) is 10.1. The SMILES string of the molecule is CSCc1nc2ccccc2n1CC(=O)Nc1c(C)cccc1-c1nc(C(C)C)no1. The summed E-state index contributed by atoms with van der Waals surface area (Å²) >= 11 is 1.68. The third-order valence-electron chi connectivity index (χ3n) is 5.03. The van der Waals surface area contributed by atoms with Crippen molar-refractivity contribution in [3.05, 3.63) is 59.7 Å². The Morgan fingerprint density at radius 3 is 2.71 bits per heavy atom. The number of anilines is 1. The molecule has 0 radical (unpaired) electrons. The lowest BCUT2D eigenvalue weighted by atomic mass is 10.1. The number of aromatic nitrogens is 4. The lowest BCUT2D eigenvalue weighted by Crippen LogP contribution is -2.21. The molecule has 7 nitrogen and oxygen atoms in total. The van der Waals surface area contributed by atoms with Crippen LogP contribution in [0, 0.1) is 6.92 Å². The fraction of sp³-hybridized carbons (Fsp3) is 0.304. The number of amides is 1. The van der Waals surface area contributed by atoms with Crippen LogP contribution in [0.5, 0.6) is 0 Å². The summed E-state index contributed by atoms with van der Waals surface area (Å²) in [5.74, 6) is 2.68. The van der Waals surface area contributed by atoms with Gasteiger partial charge in [0.25, 0.3) is 5.89 Å². The van der Waals surface area contributed by atoms with Gasteiger partial charge < -0.3 is 14.4 Å². The Labute approximate surface area is 185 Å². The molecule has 0 aliphatic heterocycles. The summed E-state index contributed by atoms with van der Waals surface area (Å²) in [5, 5.41) is 7.12. The number of imidazole rings is 1. The summed E-state index contributed by atoms with van der Waals surface area (Å²) in [6.07, 6.45) is 2.03. The van der Waals surface area contributed by atoms with Crippen LogP contribution >= 0.6 is 11.8 Å². The largest absolute Gasteiger partial charge is 0.334 e. The van der Waals surface area contributed by atoms with Gasteiger partial charge in [0, 0.05) is 5.92 Å². The molecule has 0 fully saturated rings. The average Bonchev–Trinajstić information content (AvgIpc) is 3.36. The van der Waals surface area contributed by atoms with Crippen LogP contribution < -0.4 is 5.32 Å². The first-order chi connectivity index (χ1) is 15.0. The first-order valence-corrected chi connectivity index (χ1v) is 11.5. The van der Waals surface area contributed by atoms with Crippen molar-refractivity contribution in [1.82, 2.24) is 19.7 Å². The highest BCUT2D eigenvalue weighted by atomic mass is 32.2. The van der Waals surface area contributed by atoms with Crippen LogP contribution in [0.1, 0.15) is 37.0 Å². The number of hydrogen-bond donors (Lipinski definition) is 1. The maximum atomic E-state index is 13.1. The molecular formula is C23H25N5O2S. The molecule has 0 spiro atoms. The van der Waals surface area contributed by atoms with Crippen LogP contribution in [0.15, 0.2) is 47.0 Å². The number of rotatable bonds is 7. The van der Waals surface area contributed by atoms with Gasteiger partial charge in [0.05, 0.1) is 28.0 Å². The third kappa shape index (κ3) is 4.34. The van der Waals surface area contributed by atoms with Crippen molar-refractivity contribution in [3.63, 3.8) is 0 Å². The predicted octanol–water partition coefficient (Wildman–Crippen LogP) is 5.02. The Balaban J connectivity index is 1.64. The molecule has 0 atom stereocenters. The second-order valence-electron chi connectivity index (χ2n) is 7.69. The topological polar surface area (TPSA) is 85.8 Å². The molecule has 0 aliphatic carbocycles. The number of carbonyl (C=O) groups excluding carboxylic acids is 1. The first kappa shape index (κ1) is 21.1. The maximum absolute atomic E-state index is 13.1. The summed E-state index contributed by atoms with van der Waals surface area (Å²) in [7, 11) is 0. The number of aryl methyl sites for hydroxylation is 1. The van der Waals surface area contributed by atoms with Crippen molar-refractivity contribution in [3.8, 4) is 11.5 Å². The van der Waals surface area contributed by atoms with Crippen molar-refractivity contribution in [2.45, 2.75) is 39.0 Å². The van der Waals surface area contributed by atoms with Crippen molar-refractivity contribution in [2.24, 2.45) is 0 Å². The molecule has 1 N–H and O–H groups in total. The number of thioether (sulfide) groups is 1. The zero-order chi connectivity index (χ0) is 22.0. The van der Waals surface area contributed by atoms with Crippen LogP contribution in [-0.4, -0.2) is 31.9 Å². The summed E-state index contributed by atoms with van der Waals surface area (Å²) in [6.45, 7) is 6.14. The van der Waals surface area contributed by atoms with E-state index in [-0.39, 0.29) is 18.4 Å². The third-order valence-corrected chi connectivity index (χ3v) is 5.58. The lowest BCUT2D eigenvalue weighted by Gasteiger charge is -2.13. The van der Waals surface area contributed by atoms with Gasteiger partial charge in [-0.05, 0) is 36.9 Å². The van der Waals surface area contributed by atoms with Gasteiger partial charge in [0.2, 0.25) is 5.91 Å². The quantitative estimate of drug-likeness (QED) is 0.439. The van der Waals surface area contributed by atoms with Gasteiger partial charge in [-0.1, -0.05) is 43.3 Å². The Morgan fingerprint density at radius 1 is 1.16 bits per heavy atom. The van der Waals surface area contributed by atoms with Gasteiger partial charge in [0.15, 0.2) is 5.82 Å².